The van der Waals surface area contributed by atoms with Crippen LogP contribution in [0.15, 0.2) is 51.9 Å². The Morgan fingerprint density at radius 2 is 1.97 bits per heavy atom. The van der Waals surface area contributed by atoms with E-state index >= 15 is 0 Å². The molecular formula is C22H27N5O3. The minimum absolute atomic E-state index is 0.0468. The van der Waals surface area contributed by atoms with Crippen LogP contribution in [-0.4, -0.2) is 52.7 Å². The number of likely N-dealkylation sites (N-methyl/N-ethyl adjacent to an activating group) is 1. The summed E-state index contributed by atoms with van der Waals surface area (Å²) in [5.74, 6) is 0.538. The van der Waals surface area contributed by atoms with Crippen LogP contribution in [0.25, 0.3) is 11.4 Å². The second-order valence-corrected chi connectivity index (χ2v) is 7.58. The highest BCUT2D eigenvalue weighted by molar-refractivity contribution is 5.95. The summed E-state index contributed by atoms with van der Waals surface area (Å²) >= 11 is 0. The molecule has 3 rings (SSSR count). The van der Waals surface area contributed by atoms with Crippen LogP contribution in [0.1, 0.15) is 34.8 Å². The molecule has 3 aromatic rings. The number of hydrogen-bond donors (Lipinski definition) is 1. The molecule has 0 saturated carbocycles. The Hall–Kier alpha value is -3.26. The van der Waals surface area contributed by atoms with Gasteiger partial charge in [-0.25, -0.2) is 0 Å². The van der Waals surface area contributed by atoms with Crippen LogP contribution < -0.4 is 10.9 Å². The zero-order valence-corrected chi connectivity index (χ0v) is 17.8. The summed E-state index contributed by atoms with van der Waals surface area (Å²) in [5.41, 5.74) is 1.39. The number of nitrogens with one attached hydrogen (secondary N) is 1. The zero-order valence-electron chi connectivity index (χ0n) is 17.8. The number of aryl methyl sites for hydroxylation is 1. The number of hydrogen-bond acceptors (Lipinski definition) is 6. The van der Waals surface area contributed by atoms with Crippen LogP contribution in [0.4, 0.5) is 0 Å². The molecule has 2 heterocycles. The minimum atomic E-state index is -0.397. The lowest BCUT2D eigenvalue weighted by molar-refractivity contribution is 0.0950. The van der Waals surface area contributed by atoms with Gasteiger partial charge >= 0.3 is 0 Å². The predicted molar refractivity (Wildman–Crippen MR) is 114 cm³/mol. The zero-order chi connectivity index (χ0) is 21.7. The van der Waals surface area contributed by atoms with Crippen LogP contribution in [0.3, 0.4) is 0 Å². The van der Waals surface area contributed by atoms with Crippen molar-refractivity contribution in [3.05, 3.63) is 70.0 Å². The summed E-state index contributed by atoms with van der Waals surface area (Å²) in [7, 11) is 3.90. The Morgan fingerprint density at radius 1 is 1.23 bits per heavy atom. The molecule has 2 aromatic heterocycles. The van der Waals surface area contributed by atoms with E-state index in [2.05, 4.69) is 15.5 Å². The maximum absolute atomic E-state index is 12.9. The second kappa shape index (κ2) is 9.49. The normalized spacial score (nSPS) is 12.2. The number of benzene rings is 1. The standard InChI is InChI=1S/C22H27N5O3/c1-15-11-13-27(16(2)14-26(3)4)22(29)19(15)21(28)23-12-10-18-24-20(25-30-18)17-8-6-5-7-9-17/h5-9,11,13,16H,10,12,14H2,1-4H3,(H,23,28). The average Bonchev–Trinajstić information content (AvgIpc) is 3.17. The minimum Gasteiger partial charge on any atom is -0.351 e. The third-order valence-electron chi connectivity index (χ3n) is 4.78. The highest BCUT2D eigenvalue weighted by Crippen LogP contribution is 2.14. The van der Waals surface area contributed by atoms with Crippen molar-refractivity contribution in [2.24, 2.45) is 0 Å². The van der Waals surface area contributed by atoms with Gasteiger partial charge in [0.25, 0.3) is 11.5 Å². The van der Waals surface area contributed by atoms with Gasteiger partial charge in [-0.1, -0.05) is 35.5 Å². The average molecular weight is 409 g/mol. The molecule has 1 aromatic carbocycles. The molecular weight excluding hydrogens is 382 g/mol. The molecule has 8 heteroatoms. The first kappa shape index (κ1) is 21.4. The summed E-state index contributed by atoms with van der Waals surface area (Å²) in [6.07, 6.45) is 2.12. The smallest absolute Gasteiger partial charge is 0.263 e. The van der Waals surface area contributed by atoms with E-state index in [4.69, 9.17) is 4.52 Å². The van der Waals surface area contributed by atoms with Gasteiger partial charge in [0.15, 0.2) is 0 Å². The Labute approximate surface area is 175 Å². The molecule has 1 atom stereocenters. The van der Waals surface area contributed by atoms with Crippen molar-refractivity contribution in [3.8, 4) is 11.4 Å². The molecule has 0 aliphatic heterocycles. The molecule has 1 amide bonds. The Balaban J connectivity index is 1.65. The number of aromatic nitrogens is 3. The van der Waals surface area contributed by atoms with Gasteiger partial charge in [0.1, 0.15) is 5.56 Å². The molecule has 158 valence electrons. The highest BCUT2D eigenvalue weighted by atomic mass is 16.5. The van der Waals surface area contributed by atoms with Crippen molar-refractivity contribution < 1.29 is 9.32 Å². The first-order valence-corrected chi connectivity index (χ1v) is 9.89. The van der Waals surface area contributed by atoms with E-state index in [0.717, 1.165) is 5.56 Å². The lowest BCUT2D eigenvalue weighted by atomic mass is 10.1. The van der Waals surface area contributed by atoms with Gasteiger partial charge in [-0.2, -0.15) is 4.98 Å². The molecule has 0 spiro atoms. The van der Waals surface area contributed by atoms with E-state index in [1.807, 2.05) is 56.3 Å². The number of rotatable bonds is 8. The third-order valence-corrected chi connectivity index (χ3v) is 4.78. The van der Waals surface area contributed by atoms with Crippen molar-refractivity contribution in [1.29, 1.82) is 0 Å². The maximum Gasteiger partial charge on any atom is 0.263 e. The number of nitrogens with zero attached hydrogens (tertiary/aromatic N) is 4. The Kier molecular flexibility index (Phi) is 6.79. The summed E-state index contributed by atoms with van der Waals surface area (Å²) < 4.78 is 6.86. The molecule has 0 aliphatic carbocycles. The fourth-order valence-electron chi connectivity index (χ4n) is 3.31. The summed E-state index contributed by atoms with van der Waals surface area (Å²) in [4.78, 5) is 31.9. The van der Waals surface area contributed by atoms with E-state index < -0.39 is 5.91 Å². The Morgan fingerprint density at radius 3 is 2.67 bits per heavy atom. The van der Waals surface area contributed by atoms with Gasteiger partial charge in [-0.3, -0.25) is 9.59 Å². The quantitative estimate of drug-likeness (QED) is 0.614. The highest BCUT2D eigenvalue weighted by Gasteiger charge is 2.18. The van der Waals surface area contributed by atoms with E-state index in [1.54, 1.807) is 23.8 Å². The molecule has 30 heavy (non-hydrogen) atoms. The molecule has 1 unspecified atom stereocenters. The first-order chi connectivity index (χ1) is 14.4. The predicted octanol–water partition coefficient (Wildman–Crippen LogP) is 2.30. The van der Waals surface area contributed by atoms with Gasteiger partial charge in [-0.05, 0) is 39.6 Å². The molecule has 0 radical (unpaired) electrons. The van der Waals surface area contributed by atoms with E-state index in [0.29, 0.717) is 30.2 Å². The van der Waals surface area contributed by atoms with Crippen molar-refractivity contribution in [1.82, 2.24) is 24.9 Å². The largest absolute Gasteiger partial charge is 0.351 e. The van der Waals surface area contributed by atoms with Gasteiger partial charge in [0.05, 0.1) is 0 Å². The van der Waals surface area contributed by atoms with Crippen LogP contribution in [0.2, 0.25) is 0 Å². The number of pyridine rings is 1. The SMILES string of the molecule is Cc1ccn(C(C)CN(C)C)c(=O)c1C(=O)NCCc1nc(-c2ccccc2)no1. The van der Waals surface area contributed by atoms with Crippen molar-refractivity contribution in [2.75, 3.05) is 27.2 Å². The molecule has 0 bridgehead atoms. The summed E-state index contributed by atoms with van der Waals surface area (Å²) in [5, 5.41) is 6.76. The second-order valence-electron chi connectivity index (χ2n) is 7.58. The fraction of sp³-hybridized carbons (Fsp3) is 0.364. The van der Waals surface area contributed by atoms with Crippen molar-refractivity contribution >= 4 is 5.91 Å². The molecule has 0 saturated heterocycles. The van der Waals surface area contributed by atoms with Gasteiger partial charge in [-0.15, -0.1) is 0 Å². The first-order valence-electron chi connectivity index (χ1n) is 9.89. The molecule has 0 fully saturated rings. The molecule has 1 N–H and O–H groups in total. The summed E-state index contributed by atoms with van der Waals surface area (Å²) in [6.45, 7) is 4.71. The number of carbonyl (C=O) groups is 1. The van der Waals surface area contributed by atoms with Gasteiger partial charge in [0, 0.05) is 37.3 Å². The molecule has 0 aliphatic rings. The topological polar surface area (TPSA) is 93.3 Å². The summed E-state index contributed by atoms with van der Waals surface area (Å²) in [6, 6.07) is 11.3. The van der Waals surface area contributed by atoms with E-state index in [1.165, 1.54) is 0 Å². The lowest BCUT2D eigenvalue weighted by Gasteiger charge is -2.20. The van der Waals surface area contributed by atoms with Crippen LogP contribution in [-0.2, 0) is 6.42 Å². The van der Waals surface area contributed by atoms with Gasteiger partial charge < -0.3 is 19.3 Å². The van der Waals surface area contributed by atoms with Crippen LogP contribution in [0, 0.1) is 6.92 Å². The van der Waals surface area contributed by atoms with Crippen LogP contribution >= 0.6 is 0 Å². The van der Waals surface area contributed by atoms with E-state index in [-0.39, 0.29) is 23.7 Å². The Bertz CT molecular complexity index is 1060. The van der Waals surface area contributed by atoms with Gasteiger partial charge in [0.2, 0.25) is 11.7 Å². The maximum atomic E-state index is 12.9. The third kappa shape index (κ3) is 5.01. The van der Waals surface area contributed by atoms with Crippen molar-refractivity contribution in [2.45, 2.75) is 26.3 Å². The van der Waals surface area contributed by atoms with E-state index in [9.17, 15) is 9.59 Å². The number of amides is 1. The fourth-order valence-corrected chi connectivity index (χ4v) is 3.31. The molecule has 8 nitrogen and oxygen atoms in total. The lowest BCUT2D eigenvalue weighted by Crippen LogP contribution is -2.37. The number of carbonyl (C=O) groups excluding carboxylic acids is 1. The van der Waals surface area contributed by atoms with Crippen LogP contribution in [0.5, 0.6) is 0 Å². The van der Waals surface area contributed by atoms with Crippen molar-refractivity contribution in [3.63, 3.8) is 0 Å². The monoisotopic (exact) mass is 409 g/mol.